The van der Waals surface area contributed by atoms with E-state index in [0.717, 1.165) is 5.69 Å². The molecule has 22 heavy (non-hydrogen) atoms. The van der Waals surface area contributed by atoms with E-state index in [2.05, 4.69) is 20.1 Å². The average Bonchev–Trinajstić information content (AvgIpc) is 2.95. The molecule has 0 saturated carbocycles. The van der Waals surface area contributed by atoms with Crippen LogP contribution in [-0.2, 0) is 0 Å². The topological polar surface area (TPSA) is 76.5 Å². The molecule has 1 aromatic carbocycles. The molecule has 3 aromatic rings. The van der Waals surface area contributed by atoms with Crippen molar-refractivity contribution in [3.8, 4) is 5.69 Å². The first kappa shape index (κ1) is 14.5. The van der Waals surface area contributed by atoms with Crippen LogP contribution in [0.15, 0.2) is 52.7 Å². The molecule has 0 amide bonds. The number of benzene rings is 1. The van der Waals surface area contributed by atoms with Crippen molar-refractivity contribution in [3.63, 3.8) is 0 Å². The maximum absolute atomic E-state index is 11.5. The largest absolute Gasteiger partial charge is 0.310 e. The van der Waals surface area contributed by atoms with Gasteiger partial charge in [0.25, 0.3) is 5.56 Å². The fourth-order valence-corrected chi connectivity index (χ4v) is 2.80. The summed E-state index contributed by atoms with van der Waals surface area (Å²) in [6, 6.07) is 11.3. The van der Waals surface area contributed by atoms with E-state index in [0.29, 0.717) is 16.7 Å². The maximum Gasteiger partial charge on any atom is 0.251 e. The lowest BCUT2D eigenvalue weighted by Crippen LogP contribution is -2.12. The smallest absolute Gasteiger partial charge is 0.251 e. The van der Waals surface area contributed by atoms with Crippen LogP contribution in [0.1, 0.15) is 23.7 Å². The summed E-state index contributed by atoms with van der Waals surface area (Å²) in [6.07, 6.45) is 1.68. The molecule has 6 nitrogen and oxygen atoms in total. The van der Waals surface area contributed by atoms with Gasteiger partial charge in [0.05, 0.1) is 10.9 Å². The highest BCUT2D eigenvalue weighted by atomic mass is 32.2. The van der Waals surface area contributed by atoms with Gasteiger partial charge in [0.15, 0.2) is 0 Å². The van der Waals surface area contributed by atoms with Crippen molar-refractivity contribution in [2.45, 2.75) is 24.3 Å². The number of nitrogens with one attached hydrogen (secondary N) is 1. The number of thioether (sulfide) groups is 1. The van der Waals surface area contributed by atoms with E-state index in [1.165, 1.54) is 17.8 Å². The second kappa shape index (κ2) is 6.15. The van der Waals surface area contributed by atoms with Gasteiger partial charge in [0, 0.05) is 11.8 Å². The Bertz CT molecular complexity index is 827. The Balaban J connectivity index is 1.79. The number of aromatic nitrogens is 5. The quantitative estimate of drug-likeness (QED) is 0.749. The van der Waals surface area contributed by atoms with Crippen LogP contribution >= 0.6 is 11.8 Å². The second-order valence-electron chi connectivity index (χ2n) is 4.84. The van der Waals surface area contributed by atoms with E-state index < -0.39 is 0 Å². The summed E-state index contributed by atoms with van der Waals surface area (Å²) in [4.78, 5) is 22.9. The van der Waals surface area contributed by atoms with Gasteiger partial charge in [-0.2, -0.15) is 0 Å². The molecule has 0 fully saturated rings. The van der Waals surface area contributed by atoms with Crippen molar-refractivity contribution >= 4 is 11.8 Å². The summed E-state index contributed by atoms with van der Waals surface area (Å²) in [5.41, 5.74) is 1.52. The lowest BCUT2D eigenvalue weighted by atomic mass is 10.3. The molecule has 3 rings (SSSR count). The molecule has 0 aliphatic heterocycles. The highest BCUT2D eigenvalue weighted by molar-refractivity contribution is 7.99. The molecule has 0 aliphatic rings. The number of rotatable bonds is 4. The first-order valence-corrected chi connectivity index (χ1v) is 7.71. The van der Waals surface area contributed by atoms with Crippen molar-refractivity contribution < 1.29 is 0 Å². The first-order chi connectivity index (χ1) is 10.6. The number of hydrogen-bond donors (Lipinski definition) is 1. The number of nitrogens with zero attached hydrogens (tertiary/aromatic N) is 4. The molecule has 0 unspecified atom stereocenters. The zero-order valence-electron chi connectivity index (χ0n) is 12.2. The van der Waals surface area contributed by atoms with Gasteiger partial charge >= 0.3 is 0 Å². The van der Waals surface area contributed by atoms with Gasteiger partial charge in [-0.1, -0.05) is 30.0 Å². The van der Waals surface area contributed by atoms with Crippen LogP contribution in [0, 0.1) is 6.92 Å². The molecular weight excluding hydrogens is 298 g/mol. The molecule has 0 radical (unpaired) electrons. The lowest BCUT2D eigenvalue weighted by molar-refractivity contribution is 0.826. The van der Waals surface area contributed by atoms with Crippen LogP contribution in [0.5, 0.6) is 0 Å². The normalized spacial score (nSPS) is 12.3. The fourth-order valence-electron chi connectivity index (χ4n) is 2.02. The maximum atomic E-state index is 11.5. The van der Waals surface area contributed by atoms with Gasteiger partial charge in [-0.15, -0.1) is 5.10 Å². The van der Waals surface area contributed by atoms with Crippen molar-refractivity contribution in [1.82, 2.24) is 24.7 Å². The summed E-state index contributed by atoms with van der Waals surface area (Å²) in [5.74, 6) is 0.631. The average molecular weight is 313 g/mol. The van der Waals surface area contributed by atoms with E-state index in [4.69, 9.17) is 0 Å². The Morgan fingerprint density at radius 3 is 2.77 bits per heavy atom. The summed E-state index contributed by atoms with van der Waals surface area (Å²) in [7, 11) is 0. The van der Waals surface area contributed by atoms with Gasteiger partial charge in [0.2, 0.25) is 5.16 Å². The van der Waals surface area contributed by atoms with Crippen LogP contribution in [0.2, 0.25) is 0 Å². The van der Waals surface area contributed by atoms with Crippen LogP contribution < -0.4 is 5.56 Å². The van der Waals surface area contributed by atoms with E-state index in [1.54, 1.807) is 17.9 Å². The molecule has 1 atom stereocenters. The number of H-pyrrole nitrogens is 1. The highest BCUT2D eigenvalue weighted by Gasteiger charge is 2.14. The van der Waals surface area contributed by atoms with E-state index >= 15 is 0 Å². The summed E-state index contributed by atoms with van der Waals surface area (Å²) in [5, 5.41) is 5.04. The third kappa shape index (κ3) is 3.25. The standard InChI is InChI=1S/C15H15N5OS/c1-10-8-13(21)18-14(17-10)11(2)22-15-16-9-20(19-15)12-6-4-3-5-7-12/h3-9,11H,1-2H3,(H,17,18,21)/t11-/m1/s1. The lowest BCUT2D eigenvalue weighted by Gasteiger charge is -2.08. The first-order valence-electron chi connectivity index (χ1n) is 6.83. The third-order valence-corrected chi connectivity index (χ3v) is 4.02. The SMILES string of the molecule is Cc1cc(=O)[nH]c([C@@H](C)Sc2ncn(-c3ccccc3)n2)n1. The minimum atomic E-state index is -0.141. The van der Waals surface area contributed by atoms with Gasteiger partial charge < -0.3 is 4.98 Å². The Kier molecular flexibility index (Phi) is 4.06. The number of hydrogen-bond acceptors (Lipinski definition) is 5. The molecule has 0 aliphatic carbocycles. The number of aromatic amines is 1. The Morgan fingerprint density at radius 1 is 1.27 bits per heavy atom. The molecule has 2 heterocycles. The minimum Gasteiger partial charge on any atom is -0.310 e. The van der Waals surface area contributed by atoms with Crippen molar-refractivity contribution in [2.24, 2.45) is 0 Å². The van der Waals surface area contributed by atoms with Crippen LogP contribution in [0.25, 0.3) is 5.69 Å². The van der Waals surface area contributed by atoms with Crippen LogP contribution in [0.4, 0.5) is 0 Å². The van der Waals surface area contributed by atoms with E-state index in [1.807, 2.05) is 37.3 Å². The second-order valence-corrected chi connectivity index (χ2v) is 6.15. The van der Waals surface area contributed by atoms with Crippen molar-refractivity contribution in [2.75, 3.05) is 0 Å². The molecule has 2 aromatic heterocycles. The van der Waals surface area contributed by atoms with Gasteiger partial charge in [-0.3, -0.25) is 4.79 Å². The summed E-state index contributed by atoms with van der Waals surface area (Å²) in [6.45, 7) is 3.77. The molecule has 1 N–H and O–H groups in total. The monoisotopic (exact) mass is 313 g/mol. The molecule has 0 saturated heterocycles. The summed E-state index contributed by atoms with van der Waals surface area (Å²) < 4.78 is 1.72. The summed E-state index contributed by atoms with van der Waals surface area (Å²) >= 11 is 1.45. The van der Waals surface area contributed by atoms with E-state index in [9.17, 15) is 4.79 Å². The predicted octanol–water partition coefficient (Wildman–Crippen LogP) is 2.51. The van der Waals surface area contributed by atoms with Gasteiger partial charge in [0.1, 0.15) is 12.2 Å². The highest BCUT2D eigenvalue weighted by Crippen LogP contribution is 2.30. The van der Waals surface area contributed by atoms with Crippen LogP contribution in [-0.4, -0.2) is 24.7 Å². The molecule has 0 spiro atoms. The Morgan fingerprint density at radius 2 is 2.05 bits per heavy atom. The molecule has 0 bridgehead atoms. The zero-order valence-corrected chi connectivity index (χ0v) is 13.0. The Labute approximate surface area is 131 Å². The van der Waals surface area contributed by atoms with Crippen molar-refractivity contribution in [3.05, 3.63) is 64.6 Å². The number of para-hydroxylation sites is 1. The predicted molar refractivity (Wildman–Crippen MR) is 85.2 cm³/mol. The van der Waals surface area contributed by atoms with Gasteiger partial charge in [-0.05, 0) is 26.0 Å². The fraction of sp³-hybridized carbons (Fsp3) is 0.200. The molecule has 7 heteroatoms. The molecular formula is C15H15N5OS. The minimum absolute atomic E-state index is 0.0424. The molecule has 112 valence electrons. The zero-order chi connectivity index (χ0) is 15.5. The van der Waals surface area contributed by atoms with Crippen LogP contribution in [0.3, 0.4) is 0 Å². The van der Waals surface area contributed by atoms with E-state index in [-0.39, 0.29) is 10.8 Å². The number of aryl methyl sites for hydroxylation is 1. The van der Waals surface area contributed by atoms with Crippen molar-refractivity contribution in [1.29, 1.82) is 0 Å². The third-order valence-electron chi connectivity index (χ3n) is 3.05. The van der Waals surface area contributed by atoms with Gasteiger partial charge in [-0.25, -0.2) is 14.6 Å². The Hall–Kier alpha value is -2.41.